The molecule has 4 N–H and O–H groups in total. The molecule has 2 heterocycles. The molecule has 4 unspecified atom stereocenters. The average Bonchev–Trinajstić information content (AvgIpc) is 3.22. The summed E-state index contributed by atoms with van der Waals surface area (Å²) < 4.78 is 20.6. The number of nitrogens with one attached hydrogen (secondary N) is 1. The second-order valence-corrected chi connectivity index (χ2v) is 11.8. The lowest BCUT2D eigenvalue weighted by Crippen LogP contribution is -2.41. The van der Waals surface area contributed by atoms with E-state index >= 15 is 0 Å². The third-order valence-corrected chi connectivity index (χ3v) is 8.06. The van der Waals surface area contributed by atoms with E-state index in [0.29, 0.717) is 12.3 Å². The van der Waals surface area contributed by atoms with Crippen molar-refractivity contribution in [2.24, 2.45) is 36.5 Å². The predicted molar refractivity (Wildman–Crippen MR) is 160 cm³/mol. The number of fused-ring (bicyclic) bond motifs is 1. The van der Waals surface area contributed by atoms with Gasteiger partial charge in [-0.2, -0.15) is 0 Å². The molecule has 0 spiro atoms. The number of aromatic nitrogens is 2. The molecule has 1 aromatic carbocycles. The van der Waals surface area contributed by atoms with E-state index in [9.17, 15) is 14.3 Å². The standard InChI is InChI=1S/C32H47FN4O3/c1-20(2)24(14-22-9-11-29-27(15-22)23(19-37(29)5)8-7-13-40-6)16-28(34)30(38)17-26(21(3)4)32(39)36-31-12-10-25(33)18-35-31/h9-12,15,18-21,24,26,28,30,38H,7-8,13-14,16-17,34H2,1-6H3,(H,35,36,39). The van der Waals surface area contributed by atoms with Crippen LogP contribution in [-0.4, -0.2) is 46.4 Å². The number of aliphatic hydroxyl groups is 1. The normalized spacial score (nSPS) is 15.0. The Morgan fingerprint density at radius 3 is 2.52 bits per heavy atom. The van der Waals surface area contributed by atoms with Gasteiger partial charge in [0, 0.05) is 49.8 Å². The molecule has 40 heavy (non-hydrogen) atoms. The molecule has 7 nitrogen and oxygen atoms in total. The zero-order valence-corrected chi connectivity index (χ0v) is 24.9. The van der Waals surface area contributed by atoms with E-state index in [1.807, 2.05) is 13.8 Å². The van der Waals surface area contributed by atoms with Crippen molar-refractivity contribution in [1.29, 1.82) is 0 Å². The Morgan fingerprint density at radius 1 is 1.15 bits per heavy atom. The number of anilines is 1. The Bertz CT molecular complexity index is 1220. The zero-order valence-electron chi connectivity index (χ0n) is 24.9. The third kappa shape index (κ3) is 8.59. The quantitative estimate of drug-likeness (QED) is 0.216. The topological polar surface area (TPSA) is 102 Å². The van der Waals surface area contributed by atoms with Crippen molar-refractivity contribution in [1.82, 2.24) is 9.55 Å². The third-order valence-electron chi connectivity index (χ3n) is 8.06. The van der Waals surface area contributed by atoms with E-state index in [2.05, 4.69) is 60.2 Å². The summed E-state index contributed by atoms with van der Waals surface area (Å²) in [7, 11) is 3.82. The lowest BCUT2D eigenvalue weighted by atomic mass is 9.80. The molecule has 1 amide bonds. The van der Waals surface area contributed by atoms with Crippen LogP contribution in [0.25, 0.3) is 10.9 Å². The number of benzene rings is 1. The van der Waals surface area contributed by atoms with Crippen LogP contribution in [-0.2, 0) is 29.4 Å². The van der Waals surface area contributed by atoms with Gasteiger partial charge in [0.15, 0.2) is 0 Å². The van der Waals surface area contributed by atoms with Gasteiger partial charge in [-0.05, 0) is 85.3 Å². The summed E-state index contributed by atoms with van der Waals surface area (Å²) in [5.41, 5.74) is 10.4. The molecule has 0 aliphatic rings. The van der Waals surface area contributed by atoms with E-state index in [1.165, 1.54) is 34.2 Å². The summed E-state index contributed by atoms with van der Waals surface area (Å²) in [6.45, 7) is 9.03. The Morgan fingerprint density at radius 2 is 1.90 bits per heavy atom. The Labute approximate surface area is 238 Å². The Hall–Kier alpha value is -2.81. The number of aliphatic hydroxyl groups excluding tert-OH is 1. The number of hydrogen-bond acceptors (Lipinski definition) is 5. The molecule has 3 aromatic rings. The second-order valence-electron chi connectivity index (χ2n) is 11.8. The van der Waals surface area contributed by atoms with Crippen LogP contribution in [0.5, 0.6) is 0 Å². The first kappa shape index (κ1) is 31.7. The van der Waals surface area contributed by atoms with Crippen molar-refractivity contribution >= 4 is 22.6 Å². The second kappa shape index (κ2) is 14.7. The number of carbonyl (C=O) groups is 1. The number of pyridine rings is 1. The molecular weight excluding hydrogens is 507 g/mol. The maximum absolute atomic E-state index is 13.2. The van der Waals surface area contributed by atoms with Crippen molar-refractivity contribution in [3.05, 3.63) is 59.7 Å². The maximum Gasteiger partial charge on any atom is 0.228 e. The van der Waals surface area contributed by atoms with Gasteiger partial charge < -0.3 is 25.5 Å². The van der Waals surface area contributed by atoms with Crippen molar-refractivity contribution in [2.75, 3.05) is 19.0 Å². The van der Waals surface area contributed by atoms with Gasteiger partial charge in [-0.1, -0.05) is 33.8 Å². The molecule has 2 aromatic heterocycles. The molecular formula is C32H47FN4O3. The van der Waals surface area contributed by atoms with Crippen LogP contribution in [0.1, 0.15) is 58.1 Å². The Balaban J connectivity index is 1.66. The monoisotopic (exact) mass is 554 g/mol. The van der Waals surface area contributed by atoms with Crippen molar-refractivity contribution < 1.29 is 19.0 Å². The summed E-state index contributed by atoms with van der Waals surface area (Å²) >= 11 is 0. The number of rotatable bonds is 15. The summed E-state index contributed by atoms with van der Waals surface area (Å²) in [4.78, 5) is 16.9. The van der Waals surface area contributed by atoms with Crippen LogP contribution in [0.15, 0.2) is 42.7 Å². The molecule has 3 rings (SSSR count). The molecule has 0 saturated carbocycles. The zero-order chi connectivity index (χ0) is 29.4. The van der Waals surface area contributed by atoms with E-state index in [4.69, 9.17) is 10.5 Å². The minimum atomic E-state index is -0.829. The lowest BCUT2D eigenvalue weighted by Gasteiger charge is -2.30. The molecule has 0 aliphatic heterocycles. The lowest BCUT2D eigenvalue weighted by molar-refractivity contribution is -0.122. The number of carbonyl (C=O) groups excluding carboxylic acids is 1. The summed E-state index contributed by atoms with van der Waals surface area (Å²) in [6.07, 6.45) is 6.17. The summed E-state index contributed by atoms with van der Waals surface area (Å²) in [5.74, 6) is -0.254. The molecule has 0 radical (unpaired) electrons. The summed E-state index contributed by atoms with van der Waals surface area (Å²) in [5, 5.41) is 15.1. The van der Waals surface area contributed by atoms with Gasteiger partial charge >= 0.3 is 0 Å². The van der Waals surface area contributed by atoms with Crippen molar-refractivity contribution in [3.63, 3.8) is 0 Å². The van der Waals surface area contributed by atoms with Gasteiger partial charge in [-0.25, -0.2) is 9.37 Å². The smallest absolute Gasteiger partial charge is 0.228 e. The van der Waals surface area contributed by atoms with E-state index < -0.39 is 23.9 Å². The number of methoxy groups -OCH3 is 1. The van der Waals surface area contributed by atoms with E-state index in [0.717, 1.165) is 32.1 Å². The highest BCUT2D eigenvalue weighted by Crippen LogP contribution is 2.29. The van der Waals surface area contributed by atoms with Crippen LogP contribution in [0.3, 0.4) is 0 Å². The maximum atomic E-state index is 13.2. The molecule has 4 atom stereocenters. The van der Waals surface area contributed by atoms with Crippen molar-refractivity contribution in [3.8, 4) is 0 Å². The van der Waals surface area contributed by atoms with Crippen LogP contribution in [0.4, 0.5) is 10.2 Å². The summed E-state index contributed by atoms with van der Waals surface area (Å²) in [6, 6.07) is 8.91. The first-order valence-electron chi connectivity index (χ1n) is 14.4. The Kier molecular flexibility index (Phi) is 11.7. The molecule has 220 valence electrons. The first-order chi connectivity index (χ1) is 19.0. The number of halogens is 1. The fourth-order valence-electron chi connectivity index (χ4n) is 5.44. The first-order valence-corrected chi connectivity index (χ1v) is 14.4. The SMILES string of the molecule is COCCCc1cn(C)c2ccc(CC(CC(N)C(O)CC(C(=O)Nc3ccc(F)cn3)C(C)C)C(C)C)cc12. The molecule has 0 aliphatic carbocycles. The van der Waals surface area contributed by atoms with Gasteiger partial charge in [0.2, 0.25) is 5.91 Å². The minimum Gasteiger partial charge on any atom is -0.391 e. The number of aryl methyl sites for hydroxylation is 2. The van der Waals surface area contributed by atoms with Gasteiger partial charge in [0.25, 0.3) is 0 Å². The number of hydrogen-bond donors (Lipinski definition) is 3. The van der Waals surface area contributed by atoms with Crippen molar-refractivity contribution in [2.45, 2.75) is 71.9 Å². The van der Waals surface area contributed by atoms with Gasteiger partial charge in [0.1, 0.15) is 11.6 Å². The number of amides is 1. The van der Waals surface area contributed by atoms with Crippen LogP contribution in [0, 0.1) is 29.5 Å². The highest BCUT2D eigenvalue weighted by Gasteiger charge is 2.30. The molecule has 0 fully saturated rings. The highest BCUT2D eigenvalue weighted by molar-refractivity contribution is 5.91. The fraction of sp³-hybridized carbons (Fsp3) is 0.562. The molecule has 0 saturated heterocycles. The molecule has 8 heteroatoms. The molecule has 0 bridgehead atoms. The van der Waals surface area contributed by atoms with E-state index in [1.54, 1.807) is 7.11 Å². The predicted octanol–water partition coefficient (Wildman–Crippen LogP) is 5.49. The van der Waals surface area contributed by atoms with E-state index in [-0.39, 0.29) is 30.0 Å². The van der Waals surface area contributed by atoms with Crippen LogP contribution >= 0.6 is 0 Å². The average molecular weight is 555 g/mol. The van der Waals surface area contributed by atoms with Gasteiger partial charge in [-0.15, -0.1) is 0 Å². The van der Waals surface area contributed by atoms with Crippen LogP contribution < -0.4 is 11.1 Å². The number of nitrogens with two attached hydrogens (primary N) is 1. The highest BCUT2D eigenvalue weighted by atomic mass is 19.1. The number of nitrogens with zero attached hydrogens (tertiary/aromatic N) is 2. The van der Waals surface area contributed by atoms with Gasteiger partial charge in [0.05, 0.1) is 12.3 Å². The van der Waals surface area contributed by atoms with Gasteiger partial charge in [-0.3, -0.25) is 4.79 Å². The van der Waals surface area contributed by atoms with Crippen LogP contribution in [0.2, 0.25) is 0 Å². The fourth-order valence-corrected chi connectivity index (χ4v) is 5.44. The number of ether oxygens (including phenoxy) is 1. The largest absolute Gasteiger partial charge is 0.391 e. The minimum absolute atomic E-state index is 0.0149.